The van der Waals surface area contributed by atoms with E-state index < -0.39 is 4.92 Å². The molecule has 2 aromatic rings. The first-order valence-corrected chi connectivity index (χ1v) is 8.71. The molecule has 26 heavy (non-hydrogen) atoms. The standard InChI is InChI=1S/C20H21N3O3/c24-20(12-11-16-7-6-8-17(15-16)23(25)26)21-18-9-2-3-10-19(18)22-13-4-1-5-14-22/h2-3,6-12,15H,1,4-5,13-14H2,(H,21,24)/b12-11-. The van der Waals surface area contributed by atoms with E-state index in [1.54, 1.807) is 18.2 Å². The lowest BCUT2D eigenvalue weighted by atomic mass is 10.1. The van der Waals surface area contributed by atoms with Crippen LogP contribution in [0.2, 0.25) is 0 Å². The predicted molar refractivity (Wildman–Crippen MR) is 103 cm³/mol. The lowest BCUT2D eigenvalue weighted by Gasteiger charge is -2.30. The molecule has 6 heteroatoms. The third kappa shape index (κ3) is 4.47. The molecule has 2 aromatic carbocycles. The molecule has 6 nitrogen and oxygen atoms in total. The molecule has 134 valence electrons. The van der Waals surface area contributed by atoms with Gasteiger partial charge < -0.3 is 10.2 Å². The van der Waals surface area contributed by atoms with E-state index in [0.717, 1.165) is 37.3 Å². The number of hydrogen-bond acceptors (Lipinski definition) is 4. The Morgan fingerprint density at radius 1 is 1.08 bits per heavy atom. The number of carbonyl (C=O) groups excluding carboxylic acids is 1. The Morgan fingerprint density at radius 2 is 1.85 bits per heavy atom. The number of nitrogens with zero attached hydrogens (tertiary/aromatic N) is 2. The number of nitro benzene ring substituents is 1. The first-order valence-electron chi connectivity index (χ1n) is 8.71. The molecule has 0 unspecified atom stereocenters. The fourth-order valence-corrected chi connectivity index (χ4v) is 3.08. The molecule has 0 aromatic heterocycles. The van der Waals surface area contributed by atoms with Gasteiger partial charge in [0.25, 0.3) is 5.69 Å². The van der Waals surface area contributed by atoms with Crippen molar-refractivity contribution in [3.8, 4) is 0 Å². The van der Waals surface area contributed by atoms with E-state index in [9.17, 15) is 14.9 Å². The van der Waals surface area contributed by atoms with E-state index in [0.29, 0.717) is 5.56 Å². The van der Waals surface area contributed by atoms with Crippen molar-refractivity contribution in [3.05, 3.63) is 70.3 Å². The third-order valence-corrected chi connectivity index (χ3v) is 4.37. The van der Waals surface area contributed by atoms with Crippen molar-refractivity contribution >= 4 is 29.0 Å². The summed E-state index contributed by atoms with van der Waals surface area (Å²) in [6, 6.07) is 14.0. The smallest absolute Gasteiger partial charge is 0.270 e. The molecule has 1 N–H and O–H groups in total. The summed E-state index contributed by atoms with van der Waals surface area (Å²) in [6.45, 7) is 1.99. The van der Waals surface area contributed by atoms with E-state index >= 15 is 0 Å². The van der Waals surface area contributed by atoms with E-state index in [1.165, 1.54) is 24.6 Å². The second-order valence-electron chi connectivity index (χ2n) is 6.24. The van der Waals surface area contributed by atoms with E-state index in [2.05, 4.69) is 10.2 Å². The van der Waals surface area contributed by atoms with Gasteiger partial charge in [-0.05, 0) is 43.0 Å². The van der Waals surface area contributed by atoms with Gasteiger partial charge in [0, 0.05) is 31.3 Å². The van der Waals surface area contributed by atoms with Crippen molar-refractivity contribution < 1.29 is 9.72 Å². The number of benzene rings is 2. The number of carbonyl (C=O) groups is 1. The zero-order chi connectivity index (χ0) is 18.4. The van der Waals surface area contributed by atoms with Crippen molar-refractivity contribution in [2.45, 2.75) is 19.3 Å². The number of anilines is 2. The number of piperidine rings is 1. The second kappa shape index (κ2) is 8.29. The molecule has 1 fully saturated rings. The summed E-state index contributed by atoms with van der Waals surface area (Å²) < 4.78 is 0. The van der Waals surface area contributed by atoms with E-state index in [1.807, 2.05) is 24.3 Å². The summed E-state index contributed by atoms with van der Waals surface area (Å²) in [7, 11) is 0. The normalized spacial score (nSPS) is 14.4. The summed E-state index contributed by atoms with van der Waals surface area (Å²) in [5, 5.41) is 13.7. The van der Waals surface area contributed by atoms with Crippen LogP contribution in [0.15, 0.2) is 54.6 Å². The number of para-hydroxylation sites is 2. The van der Waals surface area contributed by atoms with Gasteiger partial charge in [0.15, 0.2) is 0 Å². The van der Waals surface area contributed by atoms with Crippen LogP contribution in [0.4, 0.5) is 17.1 Å². The summed E-state index contributed by atoms with van der Waals surface area (Å²) >= 11 is 0. The molecule has 0 atom stereocenters. The molecule has 0 bridgehead atoms. The van der Waals surface area contributed by atoms with Crippen molar-refractivity contribution in [2.75, 3.05) is 23.3 Å². The molecule has 0 spiro atoms. The number of nitro groups is 1. The first kappa shape index (κ1) is 17.7. The van der Waals surface area contributed by atoms with Gasteiger partial charge in [0.05, 0.1) is 16.3 Å². The Kier molecular flexibility index (Phi) is 5.63. The number of amides is 1. The molecule has 0 saturated carbocycles. The quantitative estimate of drug-likeness (QED) is 0.497. The number of rotatable bonds is 5. The van der Waals surface area contributed by atoms with Crippen LogP contribution in [0.5, 0.6) is 0 Å². The van der Waals surface area contributed by atoms with E-state index in [4.69, 9.17) is 0 Å². The van der Waals surface area contributed by atoms with Gasteiger partial charge in [0.1, 0.15) is 0 Å². The maximum Gasteiger partial charge on any atom is 0.270 e. The monoisotopic (exact) mass is 351 g/mol. The Morgan fingerprint density at radius 3 is 2.62 bits per heavy atom. The highest BCUT2D eigenvalue weighted by Crippen LogP contribution is 2.28. The minimum Gasteiger partial charge on any atom is -0.370 e. The summed E-state index contributed by atoms with van der Waals surface area (Å²) in [6.07, 6.45) is 6.54. The van der Waals surface area contributed by atoms with Crippen molar-refractivity contribution in [1.29, 1.82) is 0 Å². The van der Waals surface area contributed by atoms with Gasteiger partial charge in [0.2, 0.25) is 5.91 Å². The highest BCUT2D eigenvalue weighted by Gasteiger charge is 2.14. The van der Waals surface area contributed by atoms with Crippen LogP contribution in [-0.4, -0.2) is 23.9 Å². The fraction of sp³-hybridized carbons (Fsp3) is 0.250. The van der Waals surface area contributed by atoms with Crippen LogP contribution in [0.25, 0.3) is 6.08 Å². The van der Waals surface area contributed by atoms with Gasteiger partial charge in [-0.2, -0.15) is 0 Å². The highest BCUT2D eigenvalue weighted by molar-refractivity contribution is 6.03. The minimum absolute atomic E-state index is 0.00278. The molecule has 0 radical (unpaired) electrons. The molecule has 1 saturated heterocycles. The molecular weight excluding hydrogens is 330 g/mol. The van der Waals surface area contributed by atoms with Crippen molar-refractivity contribution in [1.82, 2.24) is 0 Å². The van der Waals surface area contributed by atoms with Crippen LogP contribution in [0.3, 0.4) is 0 Å². The minimum atomic E-state index is -0.452. The zero-order valence-corrected chi connectivity index (χ0v) is 14.4. The SMILES string of the molecule is O=C(/C=C\c1cccc([N+](=O)[O-])c1)Nc1ccccc1N1CCCCC1. The van der Waals surface area contributed by atoms with Crippen LogP contribution >= 0.6 is 0 Å². The van der Waals surface area contributed by atoms with Crippen molar-refractivity contribution in [2.24, 2.45) is 0 Å². The molecule has 0 aliphatic carbocycles. The van der Waals surface area contributed by atoms with Crippen LogP contribution in [0.1, 0.15) is 24.8 Å². The topological polar surface area (TPSA) is 75.5 Å². The summed E-state index contributed by atoms with van der Waals surface area (Å²) in [4.78, 5) is 24.9. The Balaban J connectivity index is 1.70. The number of non-ortho nitro benzene ring substituents is 1. The lowest BCUT2D eigenvalue weighted by Crippen LogP contribution is -2.30. The van der Waals surface area contributed by atoms with Gasteiger partial charge >= 0.3 is 0 Å². The summed E-state index contributed by atoms with van der Waals surface area (Å²) in [5.41, 5.74) is 2.43. The average Bonchev–Trinajstić information content (AvgIpc) is 2.68. The maximum atomic E-state index is 12.3. The van der Waals surface area contributed by atoms with Gasteiger partial charge in [-0.1, -0.05) is 24.3 Å². The highest BCUT2D eigenvalue weighted by atomic mass is 16.6. The van der Waals surface area contributed by atoms with Gasteiger partial charge in [-0.3, -0.25) is 14.9 Å². The molecule has 1 heterocycles. The molecule has 1 amide bonds. The Bertz CT molecular complexity index is 827. The molecule has 1 aliphatic rings. The Labute approximate surface area is 152 Å². The third-order valence-electron chi connectivity index (χ3n) is 4.37. The lowest BCUT2D eigenvalue weighted by molar-refractivity contribution is -0.384. The fourth-order valence-electron chi connectivity index (χ4n) is 3.08. The van der Waals surface area contributed by atoms with Crippen LogP contribution < -0.4 is 10.2 Å². The Hall–Kier alpha value is -3.15. The summed E-state index contributed by atoms with van der Waals surface area (Å²) in [5.74, 6) is -0.263. The van der Waals surface area contributed by atoms with Gasteiger partial charge in [-0.15, -0.1) is 0 Å². The average molecular weight is 351 g/mol. The molecular formula is C20H21N3O3. The zero-order valence-electron chi connectivity index (χ0n) is 14.4. The van der Waals surface area contributed by atoms with E-state index in [-0.39, 0.29) is 11.6 Å². The van der Waals surface area contributed by atoms with Crippen LogP contribution in [0, 0.1) is 10.1 Å². The largest absolute Gasteiger partial charge is 0.370 e. The second-order valence-corrected chi connectivity index (χ2v) is 6.24. The first-order chi connectivity index (χ1) is 12.6. The number of hydrogen-bond donors (Lipinski definition) is 1. The molecule has 3 rings (SSSR count). The predicted octanol–water partition coefficient (Wildman–Crippen LogP) is 4.24. The molecule has 1 aliphatic heterocycles. The van der Waals surface area contributed by atoms with Crippen molar-refractivity contribution in [3.63, 3.8) is 0 Å². The number of nitrogens with one attached hydrogen (secondary N) is 1. The maximum absolute atomic E-state index is 12.3. The van der Waals surface area contributed by atoms with Crippen LogP contribution in [-0.2, 0) is 4.79 Å². The van der Waals surface area contributed by atoms with Gasteiger partial charge in [-0.25, -0.2) is 0 Å².